The Balaban J connectivity index is 0.000000829. The van der Waals surface area contributed by atoms with Crippen LogP contribution >= 0.6 is 0 Å². The van der Waals surface area contributed by atoms with Crippen molar-refractivity contribution in [3.8, 4) is 0 Å². The van der Waals surface area contributed by atoms with Gasteiger partial charge in [-0.25, -0.2) is 0 Å². The molecule has 0 aliphatic carbocycles. The van der Waals surface area contributed by atoms with Crippen LogP contribution in [-0.2, 0) is 0 Å². The van der Waals surface area contributed by atoms with Crippen LogP contribution in [0.15, 0.2) is 55.4 Å². The number of nitrogens with zero attached hydrogens (tertiary/aromatic N) is 1. The van der Waals surface area contributed by atoms with E-state index in [1.165, 1.54) is 5.56 Å². The first-order chi connectivity index (χ1) is 9.75. The van der Waals surface area contributed by atoms with E-state index in [0.717, 1.165) is 16.9 Å². The number of rotatable bonds is 3. The van der Waals surface area contributed by atoms with Crippen molar-refractivity contribution in [2.45, 2.75) is 34.6 Å². The van der Waals surface area contributed by atoms with Gasteiger partial charge in [0.25, 0.3) is 0 Å². The minimum atomic E-state index is 0.858. The van der Waals surface area contributed by atoms with Crippen LogP contribution in [0, 0.1) is 6.92 Å². The smallest absolute Gasteiger partial charge is 0.0400 e. The van der Waals surface area contributed by atoms with Gasteiger partial charge in [0.15, 0.2) is 0 Å². The second kappa shape index (κ2) is 10.8. The monoisotopic (exact) mass is 270 g/mol. The molecule has 0 radical (unpaired) electrons. The molecule has 0 atom stereocenters. The van der Waals surface area contributed by atoms with Crippen molar-refractivity contribution in [2.75, 3.05) is 5.32 Å². The summed E-state index contributed by atoms with van der Waals surface area (Å²) in [6, 6.07) is 12.1. The molecule has 0 unspecified atom stereocenters. The zero-order valence-electron chi connectivity index (χ0n) is 13.3. The minimum Gasteiger partial charge on any atom is -0.355 e. The highest BCUT2D eigenvalue weighted by molar-refractivity contribution is 5.74. The van der Waals surface area contributed by atoms with E-state index >= 15 is 0 Å². The van der Waals surface area contributed by atoms with Crippen LogP contribution in [0.5, 0.6) is 0 Å². The maximum atomic E-state index is 4.06. The lowest BCUT2D eigenvalue weighted by Gasteiger charge is -2.09. The minimum absolute atomic E-state index is 0.858. The van der Waals surface area contributed by atoms with Gasteiger partial charge in [0.2, 0.25) is 0 Å². The van der Waals surface area contributed by atoms with Gasteiger partial charge in [0.05, 0.1) is 0 Å². The van der Waals surface area contributed by atoms with Gasteiger partial charge in [-0.05, 0) is 31.2 Å². The first-order valence-corrected chi connectivity index (χ1v) is 7.19. The molecule has 0 spiro atoms. The van der Waals surface area contributed by atoms with Crippen molar-refractivity contribution in [3.63, 3.8) is 0 Å². The number of aromatic nitrogens is 1. The molecular formula is C18H26N2. The largest absolute Gasteiger partial charge is 0.355 e. The van der Waals surface area contributed by atoms with E-state index in [1.807, 2.05) is 52.0 Å². The van der Waals surface area contributed by atoms with Gasteiger partial charge in [-0.2, -0.15) is 0 Å². The van der Waals surface area contributed by atoms with Crippen molar-refractivity contribution in [3.05, 3.63) is 66.5 Å². The molecular weight excluding hydrogens is 244 g/mol. The molecule has 0 amide bonds. The quantitative estimate of drug-likeness (QED) is 0.793. The highest BCUT2D eigenvalue weighted by Gasteiger charge is 1.98. The molecule has 0 saturated heterocycles. The van der Waals surface area contributed by atoms with E-state index in [4.69, 9.17) is 0 Å². The van der Waals surface area contributed by atoms with Gasteiger partial charge < -0.3 is 5.32 Å². The predicted octanol–water partition coefficient (Wildman–Crippen LogP) is 5.53. The third kappa shape index (κ3) is 6.19. The Hall–Kier alpha value is -2.09. The summed E-state index contributed by atoms with van der Waals surface area (Å²) >= 11 is 0. The molecule has 1 N–H and O–H groups in total. The standard InChI is InChI=1S/C14H14N2.2C2H6/c1-11-5-7-14(8-6-11)16-12(2)13-4-3-9-15-10-13;2*1-2/h3-10,16H,2H2,1H3;2*1-2H3. The Morgan fingerprint density at radius 3 is 2.10 bits per heavy atom. The Labute approximate surface area is 123 Å². The van der Waals surface area contributed by atoms with E-state index in [1.54, 1.807) is 12.4 Å². The third-order valence-corrected chi connectivity index (χ3v) is 2.36. The molecule has 108 valence electrons. The fourth-order valence-electron chi connectivity index (χ4n) is 1.42. The van der Waals surface area contributed by atoms with Gasteiger partial charge in [-0.15, -0.1) is 0 Å². The molecule has 1 heterocycles. The maximum Gasteiger partial charge on any atom is 0.0400 e. The second-order valence-electron chi connectivity index (χ2n) is 3.71. The number of hydrogen-bond acceptors (Lipinski definition) is 2. The average molecular weight is 270 g/mol. The SMILES string of the molecule is C=C(Nc1ccc(C)cc1)c1cccnc1.CC.CC. The number of hydrogen-bond donors (Lipinski definition) is 1. The highest BCUT2D eigenvalue weighted by atomic mass is 14.9. The van der Waals surface area contributed by atoms with E-state index in [0.29, 0.717) is 0 Å². The number of pyridine rings is 1. The number of aryl methyl sites for hydroxylation is 1. The highest BCUT2D eigenvalue weighted by Crippen LogP contribution is 2.16. The zero-order chi connectivity index (χ0) is 15.4. The predicted molar refractivity (Wildman–Crippen MR) is 90.8 cm³/mol. The van der Waals surface area contributed by atoms with Gasteiger partial charge >= 0.3 is 0 Å². The fourth-order valence-corrected chi connectivity index (χ4v) is 1.42. The number of anilines is 1. The van der Waals surface area contributed by atoms with Gasteiger partial charge in [0, 0.05) is 29.3 Å². The molecule has 0 bridgehead atoms. The van der Waals surface area contributed by atoms with E-state index < -0.39 is 0 Å². The van der Waals surface area contributed by atoms with Crippen LogP contribution in [-0.4, -0.2) is 4.98 Å². The van der Waals surface area contributed by atoms with Crippen molar-refractivity contribution < 1.29 is 0 Å². The average Bonchev–Trinajstić information content (AvgIpc) is 2.54. The van der Waals surface area contributed by atoms with Crippen LogP contribution in [0.2, 0.25) is 0 Å². The molecule has 20 heavy (non-hydrogen) atoms. The maximum absolute atomic E-state index is 4.06. The number of nitrogens with one attached hydrogen (secondary N) is 1. The van der Waals surface area contributed by atoms with E-state index in [-0.39, 0.29) is 0 Å². The Morgan fingerprint density at radius 2 is 1.60 bits per heavy atom. The topological polar surface area (TPSA) is 24.9 Å². The first kappa shape index (κ1) is 17.9. The summed E-state index contributed by atoms with van der Waals surface area (Å²) in [5, 5.41) is 3.25. The van der Waals surface area contributed by atoms with E-state index in [9.17, 15) is 0 Å². The zero-order valence-corrected chi connectivity index (χ0v) is 13.3. The van der Waals surface area contributed by atoms with Gasteiger partial charge in [-0.1, -0.05) is 52.0 Å². The Bertz CT molecular complexity index is 473. The summed E-state index contributed by atoms with van der Waals surface area (Å²) in [6.45, 7) is 14.1. The van der Waals surface area contributed by atoms with Crippen molar-refractivity contribution in [1.29, 1.82) is 0 Å². The van der Waals surface area contributed by atoms with Crippen LogP contribution in [0.4, 0.5) is 5.69 Å². The van der Waals surface area contributed by atoms with Crippen LogP contribution in [0.25, 0.3) is 5.70 Å². The molecule has 1 aromatic heterocycles. The Kier molecular flexibility index (Phi) is 9.67. The molecule has 2 nitrogen and oxygen atoms in total. The summed E-state index contributed by atoms with van der Waals surface area (Å²) in [5.74, 6) is 0. The molecule has 0 aliphatic heterocycles. The molecule has 2 heteroatoms. The lowest BCUT2D eigenvalue weighted by atomic mass is 10.2. The first-order valence-electron chi connectivity index (χ1n) is 7.19. The summed E-state index contributed by atoms with van der Waals surface area (Å²) in [5.41, 5.74) is 4.15. The van der Waals surface area contributed by atoms with Crippen molar-refractivity contribution in [2.24, 2.45) is 0 Å². The van der Waals surface area contributed by atoms with Crippen LogP contribution in [0.3, 0.4) is 0 Å². The molecule has 0 fully saturated rings. The normalized spacial score (nSPS) is 8.45. The molecule has 2 aromatic rings. The molecule has 0 aliphatic rings. The molecule has 2 rings (SSSR count). The third-order valence-electron chi connectivity index (χ3n) is 2.36. The van der Waals surface area contributed by atoms with E-state index in [2.05, 4.69) is 35.9 Å². The van der Waals surface area contributed by atoms with Crippen LogP contribution < -0.4 is 5.32 Å². The number of benzene rings is 1. The molecule has 0 saturated carbocycles. The second-order valence-corrected chi connectivity index (χ2v) is 3.71. The summed E-state index contributed by atoms with van der Waals surface area (Å²) < 4.78 is 0. The summed E-state index contributed by atoms with van der Waals surface area (Å²) in [4.78, 5) is 4.06. The Morgan fingerprint density at radius 1 is 1.00 bits per heavy atom. The van der Waals surface area contributed by atoms with Crippen molar-refractivity contribution in [1.82, 2.24) is 4.98 Å². The lowest BCUT2D eigenvalue weighted by Crippen LogP contribution is -1.97. The molecule has 1 aromatic carbocycles. The van der Waals surface area contributed by atoms with Gasteiger partial charge in [-0.3, -0.25) is 4.98 Å². The summed E-state index contributed by atoms with van der Waals surface area (Å²) in [6.07, 6.45) is 3.55. The van der Waals surface area contributed by atoms with Gasteiger partial charge in [0.1, 0.15) is 0 Å². The fraction of sp³-hybridized carbons (Fsp3) is 0.278. The van der Waals surface area contributed by atoms with Crippen molar-refractivity contribution >= 4 is 11.4 Å². The van der Waals surface area contributed by atoms with Crippen LogP contribution in [0.1, 0.15) is 38.8 Å². The summed E-state index contributed by atoms with van der Waals surface area (Å²) in [7, 11) is 0. The lowest BCUT2D eigenvalue weighted by molar-refractivity contribution is 1.31.